The van der Waals surface area contributed by atoms with E-state index in [1.165, 1.54) is 32.4 Å². The summed E-state index contributed by atoms with van der Waals surface area (Å²) in [4.78, 5) is 13.4. The molecule has 1 aliphatic heterocycles. The minimum atomic E-state index is -0.437. The first kappa shape index (κ1) is 14.4. The summed E-state index contributed by atoms with van der Waals surface area (Å²) in [6.45, 7) is 5.38. The van der Waals surface area contributed by atoms with Gasteiger partial charge in [-0.15, -0.1) is 0 Å². The number of carbonyl (C=O) groups is 1. The molecule has 0 aliphatic carbocycles. The van der Waals surface area contributed by atoms with E-state index in [0.29, 0.717) is 5.56 Å². The predicted octanol–water partition coefficient (Wildman–Crippen LogP) is 3.32. The zero-order valence-electron chi connectivity index (χ0n) is 11.3. The van der Waals surface area contributed by atoms with Crippen molar-refractivity contribution in [2.24, 2.45) is 0 Å². The van der Waals surface area contributed by atoms with Crippen LogP contribution in [0.15, 0.2) is 24.3 Å². The number of hydrogen-bond donors (Lipinski definition) is 0. The zero-order chi connectivity index (χ0) is 13.7. The zero-order valence-corrected chi connectivity index (χ0v) is 12.0. The third-order valence-electron chi connectivity index (χ3n) is 3.38. The van der Waals surface area contributed by atoms with Crippen molar-refractivity contribution < 1.29 is 9.53 Å². The number of nitrogens with zero attached hydrogens (tertiary/aromatic N) is 1. The third kappa shape index (κ3) is 4.51. The van der Waals surface area contributed by atoms with Crippen LogP contribution in [0.1, 0.15) is 36.5 Å². The van der Waals surface area contributed by atoms with Crippen LogP contribution < -0.4 is 4.74 Å². The quantitative estimate of drug-likeness (QED) is 0.776. The summed E-state index contributed by atoms with van der Waals surface area (Å²) in [6, 6.07) is 6.97. The van der Waals surface area contributed by atoms with Gasteiger partial charge in [-0.3, -0.25) is 9.69 Å². The highest BCUT2D eigenvalue weighted by Crippen LogP contribution is 2.16. The molecule has 104 valence electrons. The normalized spacial score (nSPS) is 18.0. The molecule has 0 radical (unpaired) electrons. The van der Waals surface area contributed by atoms with Crippen LogP contribution in [-0.2, 0) is 0 Å². The average molecular weight is 282 g/mol. The summed E-state index contributed by atoms with van der Waals surface area (Å²) in [5.41, 5.74) is 0.498. The van der Waals surface area contributed by atoms with E-state index in [2.05, 4.69) is 11.8 Å². The Balaban J connectivity index is 1.83. The van der Waals surface area contributed by atoms with Crippen molar-refractivity contribution in [1.29, 1.82) is 0 Å². The molecule has 2 rings (SSSR count). The Morgan fingerprint density at radius 2 is 1.89 bits per heavy atom. The van der Waals surface area contributed by atoms with E-state index >= 15 is 0 Å². The van der Waals surface area contributed by atoms with E-state index < -0.39 is 5.24 Å². The molecular formula is C15H20ClNO2. The van der Waals surface area contributed by atoms with E-state index in [1.54, 1.807) is 24.3 Å². The summed E-state index contributed by atoms with van der Waals surface area (Å²) in [5.74, 6) is 0.783. The van der Waals surface area contributed by atoms with Gasteiger partial charge in [0, 0.05) is 12.1 Å². The molecule has 1 aromatic rings. The monoisotopic (exact) mass is 281 g/mol. The summed E-state index contributed by atoms with van der Waals surface area (Å²) < 4.78 is 5.86. The Hall–Kier alpha value is -1.06. The van der Waals surface area contributed by atoms with Gasteiger partial charge in [-0.25, -0.2) is 0 Å². The van der Waals surface area contributed by atoms with E-state index in [4.69, 9.17) is 16.3 Å². The van der Waals surface area contributed by atoms with Crippen LogP contribution in [0, 0.1) is 0 Å². The lowest BCUT2D eigenvalue weighted by molar-refractivity contribution is 0.108. The second-order valence-electron chi connectivity index (χ2n) is 5.09. The van der Waals surface area contributed by atoms with Crippen molar-refractivity contribution in [2.45, 2.75) is 32.3 Å². The minimum absolute atomic E-state index is 0.149. The SMILES string of the molecule is CC(CN1CCCCC1)Oc1ccc(C(=O)Cl)cc1. The van der Waals surface area contributed by atoms with Gasteiger partial charge in [0.25, 0.3) is 5.24 Å². The lowest BCUT2D eigenvalue weighted by Crippen LogP contribution is -2.37. The minimum Gasteiger partial charge on any atom is -0.489 e. The van der Waals surface area contributed by atoms with Crippen LogP contribution in [0.4, 0.5) is 0 Å². The number of hydrogen-bond acceptors (Lipinski definition) is 3. The second-order valence-corrected chi connectivity index (χ2v) is 5.43. The largest absolute Gasteiger partial charge is 0.489 e. The fraction of sp³-hybridized carbons (Fsp3) is 0.533. The molecule has 3 nitrogen and oxygen atoms in total. The fourth-order valence-corrected chi connectivity index (χ4v) is 2.57. The molecule has 0 N–H and O–H groups in total. The molecule has 19 heavy (non-hydrogen) atoms. The van der Waals surface area contributed by atoms with Gasteiger partial charge in [-0.2, -0.15) is 0 Å². The summed E-state index contributed by atoms with van der Waals surface area (Å²) in [7, 11) is 0. The Bertz CT molecular complexity index is 413. The molecular weight excluding hydrogens is 262 g/mol. The molecule has 1 saturated heterocycles. The van der Waals surface area contributed by atoms with Crippen molar-refractivity contribution in [1.82, 2.24) is 4.90 Å². The van der Waals surface area contributed by atoms with Crippen LogP contribution in [0.25, 0.3) is 0 Å². The summed E-state index contributed by atoms with van der Waals surface area (Å²) in [5, 5.41) is -0.437. The van der Waals surface area contributed by atoms with E-state index in [-0.39, 0.29) is 6.10 Å². The van der Waals surface area contributed by atoms with Crippen molar-refractivity contribution >= 4 is 16.8 Å². The first-order valence-electron chi connectivity index (χ1n) is 6.84. The third-order valence-corrected chi connectivity index (χ3v) is 3.60. The van der Waals surface area contributed by atoms with Crippen LogP contribution >= 0.6 is 11.6 Å². The van der Waals surface area contributed by atoms with Gasteiger partial charge in [0.15, 0.2) is 0 Å². The second kappa shape index (κ2) is 6.92. The number of ether oxygens (including phenoxy) is 1. The Morgan fingerprint density at radius 1 is 1.26 bits per heavy atom. The van der Waals surface area contributed by atoms with Gasteiger partial charge in [0.2, 0.25) is 0 Å². The molecule has 0 aromatic heterocycles. The van der Waals surface area contributed by atoms with Gasteiger partial charge in [0.1, 0.15) is 11.9 Å². The van der Waals surface area contributed by atoms with Crippen molar-refractivity contribution in [3.8, 4) is 5.75 Å². The molecule has 0 spiro atoms. The van der Waals surface area contributed by atoms with E-state index in [1.807, 2.05) is 0 Å². The molecule has 0 saturated carbocycles. The molecule has 1 aliphatic rings. The standard InChI is InChI=1S/C15H20ClNO2/c1-12(11-17-9-3-2-4-10-17)19-14-7-5-13(6-8-14)15(16)18/h5-8,12H,2-4,9-11H2,1H3. The molecule has 1 heterocycles. The van der Waals surface area contributed by atoms with Crippen LogP contribution in [0.3, 0.4) is 0 Å². The van der Waals surface area contributed by atoms with Gasteiger partial charge in [0.05, 0.1) is 0 Å². The number of benzene rings is 1. The highest BCUT2D eigenvalue weighted by atomic mass is 35.5. The van der Waals surface area contributed by atoms with Gasteiger partial charge in [-0.1, -0.05) is 6.42 Å². The molecule has 1 fully saturated rings. The van der Waals surface area contributed by atoms with Crippen LogP contribution in [-0.4, -0.2) is 35.9 Å². The molecule has 4 heteroatoms. The first-order chi connectivity index (χ1) is 9.15. The topological polar surface area (TPSA) is 29.5 Å². The number of rotatable bonds is 5. The highest BCUT2D eigenvalue weighted by Gasteiger charge is 2.14. The molecule has 1 atom stereocenters. The summed E-state index contributed by atoms with van der Waals surface area (Å²) >= 11 is 5.40. The number of carbonyl (C=O) groups excluding carboxylic acids is 1. The van der Waals surface area contributed by atoms with Crippen molar-refractivity contribution in [3.63, 3.8) is 0 Å². The maximum Gasteiger partial charge on any atom is 0.252 e. The molecule has 0 amide bonds. The maximum absolute atomic E-state index is 11.0. The lowest BCUT2D eigenvalue weighted by atomic mass is 10.1. The predicted molar refractivity (Wildman–Crippen MR) is 77.0 cm³/mol. The number of likely N-dealkylation sites (tertiary alicyclic amines) is 1. The van der Waals surface area contributed by atoms with Gasteiger partial charge >= 0.3 is 0 Å². The van der Waals surface area contributed by atoms with E-state index in [0.717, 1.165) is 12.3 Å². The highest BCUT2D eigenvalue weighted by molar-refractivity contribution is 6.67. The average Bonchev–Trinajstić information content (AvgIpc) is 2.40. The smallest absolute Gasteiger partial charge is 0.252 e. The van der Waals surface area contributed by atoms with E-state index in [9.17, 15) is 4.79 Å². The van der Waals surface area contributed by atoms with Crippen LogP contribution in [0.2, 0.25) is 0 Å². The first-order valence-corrected chi connectivity index (χ1v) is 7.22. The number of halogens is 1. The Morgan fingerprint density at radius 3 is 2.47 bits per heavy atom. The Kier molecular flexibility index (Phi) is 5.23. The molecule has 0 bridgehead atoms. The lowest BCUT2D eigenvalue weighted by Gasteiger charge is -2.29. The maximum atomic E-state index is 11.0. The van der Waals surface area contributed by atoms with Crippen molar-refractivity contribution in [2.75, 3.05) is 19.6 Å². The van der Waals surface area contributed by atoms with Crippen LogP contribution in [0.5, 0.6) is 5.75 Å². The molecule has 1 unspecified atom stereocenters. The molecule has 1 aromatic carbocycles. The number of piperidine rings is 1. The van der Waals surface area contributed by atoms with Crippen molar-refractivity contribution in [3.05, 3.63) is 29.8 Å². The van der Waals surface area contributed by atoms with Gasteiger partial charge < -0.3 is 4.74 Å². The fourth-order valence-electron chi connectivity index (χ4n) is 2.44. The van der Waals surface area contributed by atoms with Gasteiger partial charge in [-0.05, 0) is 68.7 Å². The summed E-state index contributed by atoms with van der Waals surface area (Å²) in [6.07, 6.45) is 4.08. The Labute approximate surface area is 119 Å².